The molecule has 0 spiro atoms. The van der Waals surface area contributed by atoms with Crippen LogP contribution in [-0.2, 0) is 0 Å². The van der Waals surface area contributed by atoms with Crippen LogP contribution in [-0.4, -0.2) is 41.2 Å². The zero-order valence-corrected chi connectivity index (χ0v) is 8.99. The molecule has 2 N–H and O–H groups in total. The van der Waals surface area contributed by atoms with E-state index in [9.17, 15) is 0 Å². The second-order valence-corrected chi connectivity index (χ2v) is 4.17. The summed E-state index contributed by atoms with van der Waals surface area (Å²) in [6.07, 6.45) is 0. The Morgan fingerprint density at radius 2 is 1.75 bits per heavy atom. The molecule has 0 aliphatic heterocycles. The van der Waals surface area contributed by atoms with Crippen molar-refractivity contribution in [2.75, 3.05) is 0 Å². The molecule has 0 amide bonds. The van der Waals surface area contributed by atoms with Crippen LogP contribution in [0.2, 0.25) is 0 Å². The molecule has 3 aromatic rings. The first kappa shape index (κ1) is 9.09. The van der Waals surface area contributed by atoms with Crippen molar-refractivity contribution in [3.05, 3.63) is 11.6 Å². The van der Waals surface area contributed by atoms with Crippen LogP contribution in [0.25, 0.3) is 21.4 Å². The number of aromatic amines is 2. The van der Waals surface area contributed by atoms with E-state index in [0.29, 0.717) is 11.6 Å². The Kier molecular flexibility index (Phi) is 1.96. The van der Waals surface area contributed by atoms with Gasteiger partial charge in [0.15, 0.2) is 11.6 Å². The lowest BCUT2D eigenvalue weighted by Gasteiger charge is -1.88. The van der Waals surface area contributed by atoms with Crippen molar-refractivity contribution in [2.45, 2.75) is 6.92 Å². The van der Waals surface area contributed by atoms with E-state index in [4.69, 9.17) is 0 Å². The van der Waals surface area contributed by atoms with E-state index in [1.54, 1.807) is 0 Å². The molecule has 16 heavy (non-hydrogen) atoms. The highest BCUT2D eigenvalue weighted by Gasteiger charge is 2.13. The Hall–Kier alpha value is -2.16. The van der Waals surface area contributed by atoms with E-state index < -0.39 is 0 Å². The van der Waals surface area contributed by atoms with Gasteiger partial charge in [-0.3, -0.25) is 0 Å². The average molecular weight is 234 g/mol. The van der Waals surface area contributed by atoms with E-state index in [1.807, 2.05) is 13.0 Å². The maximum Gasteiger partial charge on any atom is 0.189 e. The van der Waals surface area contributed by atoms with Gasteiger partial charge in [-0.25, -0.2) is 10.2 Å². The fourth-order valence-electron chi connectivity index (χ4n) is 1.35. The van der Waals surface area contributed by atoms with Gasteiger partial charge in [-0.05, 0) is 39.4 Å². The van der Waals surface area contributed by atoms with Gasteiger partial charge < -0.3 is 0 Å². The summed E-state index contributed by atoms with van der Waals surface area (Å²) in [6, 6.07) is 1.99. The molecular formula is C7H6N8S. The molecule has 9 heteroatoms. The van der Waals surface area contributed by atoms with E-state index >= 15 is 0 Å². The molecule has 0 saturated carbocycles. The maximum absolute atomic E-state index is 3.87. The van der Waals surface area contributed by atoms with Gasteiger partial charge in [0.1, 0.15) is 0 Å². The number of nitrogens with zero attached hydrogens (tertiary/aromatic N) is 6. The molecule has 0 unspecified atom stereocenters. The molecule has 3 heterocycles. The van der Waals surface area contributed by atoms with Crippen molar-refractivity contribution >= 4 is 11.3 Å². The summed E-state index contributed by atoms with van der Waals surface area (Å²) in [5.41, 5.74) is 1.08. The average Bonchev–Trinajstić information content (AvgIpc) is 2.97. The Morgan fingerprint density at radius 3 is 2.38 bits per heavy atom. The predicted octanol–water partition coefficient (Wildman–Crippen LogP) is 0.417. The van der Waals surface area contributed by atoms with Gasteiger partial charge in [-0.2, -0.15) is 0 Å². The number of hydrogen-bond donors (Lipinski definition) is 2. The Bertz CT molecular complexity index is 580. The quantitative estimate of drug-likeness (QED) is 0.665. The molecule has 80 valence electrons. The molecule has 0 radical (unpaired) electrons. The van der Waals surface area contributed by atoms with Gasteiger partial charge in [0.25, 0.3) is 0 Å². The van der Waals surface area contributed by atoms with Crippen LogP contribution in [0.4, 0.5) is 0 Å². The normalized spacial score (nSPS) is 10.8. The molecule has 0 bridgehead atoms. The third-order valence-corrected chi connectivity index (χ3v) is 3.31. The standard InChI is InChI=1S/C7H6N8S/c1-3-2-4(6-8-12-13-9-6)16-5(3)7-10-14-15-11-7/h2H,1H3,(H,8,9,12,13)(H,10,11,14,15). The molecule has 0 saturated heterocycles. The molecule has 3 rings (SSSR count). The largest absolute Gasteiger partial charge is 0.238 e. The number of rotatable bonds is 2. The van der Waals surface area contributed by atoms with Crippen LogP contribution < -0.4 is 0 Å². The third-order valence-electron chi connectivity index (χ3n) is 2.06. The topological polar surface area (TPSA) is 109 Å². The van der Waals surface area contributed by atoms with Crippen molar-refractivity contribution in [1.82, 2.24) is 41.2 Å². The lowest BCUT2D eigenvalue weighted by molar-refractivity contribution is 0.881. The number of H-pyrrole nitrogens is 2. The van der Waals surface area contributed by atoms with E-state index in [1.165, 1.54) is 11.3 Å². The van der Waals surface area contributed by atoms with Crippen molar-refractivity contribution in [3.8, 4) is 21.4 Å². The van der Waals surface area contributed by atoms with Crippen LogP contribution in [0.1, 0.15) is 5.56 Å². The molecule has 0 fully saturated rings. The molecule has 0 aromatic carbocycles. The monoisotopic (exact) mass is 234 g/mol. The molecule has 8 nitrogen and oxygen atoms in total. The third kappa shape index (κ3) is 1.37. The first-order valence-electron chi connectivity index (χ1n) is 4.43. The fraction of sp³-hybridized carbons (Fsp3) is 0.143. The smallest absolute Gasteiger partial charge is 0.189 e. The van der Waals surface area contributed by atoms with E-state index in [-0.39, 0.29) is 0 Å². The molecule has 3 aromatic heterocycles. The Balaban J connectivity index is 2.09. The first-order valence-corrected chi connectivity index (χ1v) is 5.25. The van der Waals surface area contributed by atoms with Gasteiger partial charge in [0, 0.05) is 0 Å². The highest BCUT2D eigenvalue weighted by Crippen LogP contribution is 2.33. The summed E-state index contributed by atoms with van der Waals surface area (Å²) >= 11 is 1.53. The molecule has 0 atom stereocenters. The highest BCUT2D eigenvalue weighted by atomic mass is 32.1. The van der Waals surface area contributed by atoms with Crippen molar-refractivity contribution < 1.29 is 0 Å². The summed E-state index contributed by atoms with van der Waals surface area (Å²) in [7, 11) is 0. The minimum Gasteiger partial charge on any atom is -0.238 e. The van der Waals surface area contributed by atoms with E-state index in [2.05, 4.69) is 41.2 Å². The number of aromatic nitrogens is 8. The second-order valence-electron chi connectivity index (χ2n) is 3.12. The van der Waals surface area contributed by atoms with Crippen LogP contribution in [0.5, 0.6) is 0 Å². The van der Waals surface area contributed by atoms with Gasteiger partial charge in [-0.1, -0.05) is 0 Å². The summed E-state index contributed by atoms with van der Waals surface area (Å²) in [4.78, 5) is 1.94. The Labute approximate surface area is 93.1 Å². The fourth-order valence-corrected chi connectivity index (χ4v) is 2.39. The minimum atomic E-state index is 0.645. The number of hydrogen-bond acceptors (Lipinski definition) is 7. The number of nitrogens with one attached hydrogen (secondary N) is 2. The van der Waals surface area contributed by atoms with Crippen molar-refractivity contribution in [3.63, 3.8) is 0 Å². The van der Waals surface area contributed by atoms with Gasteiger partial charge >= 0.3 is 0 Å². The summed E-state index contributed by atoms with van der Waals surface area (Å²) in [5.74, 6) is 1.30. The SMILES string of the molecule is Cc1cc(-c2nnn[nH]2)sc1-c1nnn[nH]1. The van der Waals surface area contributed by atoms with Crippen LogP contribution in [0.3, 0.4) is 0 Å². The molecule has 0 aliphatic carbocycles. The highest BCUT2D eigenvalue weighted by molar-refractivity contribution is 7.18. The van der Waals surface area contributed by atoms with Gasteiger partial charge in [0.05, 0.1) is 9.75 Å². The summed E-state index contributed by atoms with van der Waals surface area (Å²) in [6.45, 7) is 1.99. The van der Waals surface area contributed by atoms with Crippen molar-refractivity contribution in [1.29, 1.82) is 0 Å². The van der Waals surface area contributed by atoms with Crippen LogP contribution in [0, 0.1) is 6.92 Å². The number of aryl methyl sites for hydroxylation is 1. The maximum atomic E-state index is 3.87. The van der Waals surface area contributed by atoms with Crippen LogP contribution >= 0.6 is 11.3 Å². The number of thiophene rings is 1. The first-order chi connectivity index (χ1) is 7.84. The zero-order valence-electron chi connectivity index (χ0n) is 8.17. The molecular weight excluding hydrogens is 228 g/mol. The zero-order chi connectivity index (χ0) is 11.0. The van der Waals surface area contributed by atoms with Gasteiger partial charge in [-0.15, -0.1) is 21.5 Å². The predicted molar refractivity (Wildman–Crippen MR) is 55.4 cm³/mol. The summed E-state index contributed by atoms with van der Waals surface area (Å²) in [5, 5.41) is 27.3. The molecule has 0 aliphatic rings. The minimum absolute atomic E-state index is 0.645. The lowest BCUT2D eigenvalue weighted by Crippen LogP contribution is -1.77. The van der Waals surface area contributed by atoms with Crippen LogP contribution in [0.15, 0.2) is 6.07 Å². The lowest BCUT2D eigenvalue weighted by atomic mass is 10.2. The van der Waals surface area contributed by atoms with Gasteiger partial charge in [0.2, 0.25) is 0 Å². The number of tetrazole rings is 2. The summed E-state index contributed by atoms with van der Waals surface area (Å²) < 4.78 is 0. The second kappa shape index (κ2) is 3.45. The van der Waals surface area contributed by atoms with Crippen molar-refractivity contribution in [2.24, 2.45) is 0 Å². The Morgan fingerprint density at radius 1 is 1.06 bits per heavy atom. The van der Waals surface area contributed by atoms with E-state index in [0.717, 1.165) is 15.3 Å².